The van der Waals surface area contributed by atoms with Gasteiger partial charge in [0.05, 0.1) is 29.6 Å². The van der Waals surface area contributed by atoms with Crippen LogP contribution in [0.25, 0.3) is 22.3 Å². The van der Waals surface area contributed by atoms with Crippen molar-refractivity contribution in [2.45, 2.75) is 13.1 Å². The van der Waals surface area contributed by atoms with E-state index in [1.807, 2.05) is 39.1 Å². The fourth-order valence-electron chi connectivity index (χ4n) is 3.87. The molecule has 6 nitrogen and oxygen atoms in total. The third-order valence-electron chi connectivity index (χ3n) is 5.61. The minimum absolute atomic E-state index is 0.121. The highest BCUT2D eigenvalue weighted by Crippen LogP contribution is 2.23. The zero-order valence-corrected chi connectivity index (χ0v) is 17.8. The number of amides is 1. The number of thiazole rings is 1. The summed E-state index contributed by atoms with van der Waals surface area (Å²) in [4.78, 5) is 26.1. The Labute approximate surface area is 183 Å². The standard InChI is InChI=1S/C23H22FN5OS/c24-18-7-5-17(6-8-18)20-15-31-22(26-20)13-27-9-11-28(12-10-27)23(30)14-29-16-25-19-3-1-2-4-21(19)29/h1-8,15-16H,9-14H2. The van der Waals surface area contributed by atoms with E-state index in [4.69, 9.17) is 4.98 Å². The van der Waals surface area contributed by atoms with Crippen LogP contribution in [0.4, 0.5) is 4.39 Å². The van der Waals surface area contributed by atoms with E-state index in [1.165, 1.54) is 12.1 Å². The van der Waals surface area contributed by atoms with Gasteiger partial charge < -0.3 is 9.47 Å². The summed E-state index contributed by atoms with van der Waals surface area (Å²) in [5.74, 6) is -0.122. The Morgan fingerprint density at radius 1 is 1.03 bits per heavy atom. The molecule has 1 aliphatic heterocycles. The van der Waals surface area contributed by atoms with Crippen molar-refractivity contribution >= 4 is 28.3 Å². The predicted octanol–water partition coefficient (Wildman–Crippen LogP) is 3.64. The summed E-state index contributed by atoms with van der Waals surface area (Å²) in [5, 5.41) is 3.04. The summed E-state index contributed by atoms with van der Waals surface area (Å²) in [6, 6.07) is 14.3. The lowest BCUT2D eigenvalue weighted by Gasteiger charge is -2.34. The number of imidazole rings is 1. The molecule has 1 amide bonds. The van der Waals surface area contributed by atoms with Gasteiger partial charge in [0.15, 0.2) is 0 Å². The highest BCUT2D eigenvalue weighted by Gasteiger charge is 2.22. The average Bonchev–Trinajstić information content (AvgIpc) is 3.42. The van der Waals surface area contributed by atoms with E-state index >= 15 is 0 Å². The Morgan fingerprint density at radius 3 is 2.61 bits per heavy atom. The van der Waals surface area contributed by atoms with Crippen molar-refractivity contribution in [1.29, 1.82) is 0 Å². The van der Waals surface area contributed by atoms with Crippen LogP contribution in [0.15, 0.2) is 60.2 Å². The van der Waals surface area contributed by atoms with Crippen molar-refractivity contribution in [3.05, 3.63) is 71.1 Å². The number of fused-ring (bicyclic) bond motifs is 1. The third-order valence-corrected chi connectivity index (χ3v) is 6.44. The van der Waals surface area contributed by atoms with Crippen molar-refractivity contribution in [1.82, 2.24) is 24.3 Å². The molecule has 0 N–H and O–H groups in total. The average molecular weight is 436 g/mol. The van der Waals surface area contributed by atoms with E-state index in [-0.39, 0.29) is 11.7 Å². The van der Waals surface area contributed by atoms with E-state index in [0.717, 1.165) is 46.9 Å². The van der Waals surface area contributed by atoms with Crippen molar-refractivity contribution in [2.24, 2.45) is 0 Å². The summed E-state index contributed by atoms with van der Waals surface area (Å²) in [7, 11) is 0. The molecule has 0 atom stereocenters. The molecule has 0 radical (unpaired) electrons. The van der Waals surface area contributed by atoms with Gasteiger partial charge in [-0.1, -0.05) is 12.1 Å². The summed E-state index contributed by atoms with van der Waals surface area (Å²) in [5.41, 5.74) is 3.69. The normalized spacial score (nSPS) is 14.9. The van der Waals surface area contributed by atoms with Crippen LogP contribution >= 0.6 is 11.3 Å². The minimum Gasteiger partial charge on any atom is -0.339 e. The minimum atomic E-state index is -0.243. The first-order chi connectivity index (χ1) is 15.2. The molecule has 0 bridgehead atoms. The number of para-hydroxylation sites is 2. The van der Waals surface area contributed by atoms with Crippen LogP contribution in [0, 0.1) is 5.82 Å². The van der Waals surface area contributed by atoms with Crippen LogP contribution < -0.4 is 0 Å². The molecule has 4 aromatic rings. The van der Waals surface area contributed by atoms with Crippen molar-refractivity contribution in [3.8, 4) is 11.3 Å². The van der Waals surface area contributed by atoms with Crippen LogP contribution in [0.2, 0.25) is 0 Å². The molecule has 2 aromatic carbocycles. The highest BCUT2D eigenvalue weighted by molar-refractivity contribution is 7.09. The third kappa shape index (κ3) is 4.35. The summed E-state index contributed by atoms with van der Waals surface area (Å²) < 4.78 is 15.0. The van der Waals surface area contributed by atoms with E-state index in [2.05, 4.69) is 9.88 Å². The number of carbonyl (C=O) groups is 1. The zero-order chi connectivity index (χ0) is 21.2. The van der Waals surface area contributed by atoms with E-state index < -0.39 is 0 Å². The lowest BCUT2D eigenvalue weighted by molar-refractivity contribution is -0.133. The van der Waals surface area contributed by atoms with Gasteiger partial charge >= 0.3 is 0 Å². The Kier molecular flexibility index (Phi) is 5.48. The van der Waals surface area contributed by atoms with Crippen LogP contribution in [0.3, 0.4) is 0 Å². The highest BCUT2D eigenvalue weighted by atomic mass is 32.1. The van der Waals surface area contributed by atoms with E-state index in [9.17, 15) is 9.18 Å². The zero-order valence-electron chi connectivity index (χ0n) is 16.9. The SMILES string of the molecule is O=C(Cn1cnc2ccccc21)N1CCN(Cc2nc(-c3ccc(F)cc3)cs2)CC1. The molecule has 158 valence electrons. The lowest BCUT2D eigenvalue weighted by Crippen LogP contribution is -2.49. The molecule has 2 aromatic heterocycles. The summed E-state index contributed by atoms with van der Waals surface area (Å²) >= 11 is 1.62. The monoisotopic (exact) mass is 435 g/mol. The topological polar surface area (TPSA) is 54.3 Å². The molecule has 0 spiro atoms. The van der Waals surface area contributed by atoms with Crippen LogP contribution in [-0.2, 0) is 17.9 Å². The van der Waals surface area contributed by atoms with Gasteiger partial charge in [0.25, 0.3) is 0 Å². The smallest absolute Gasteiger partial charge is 0.242 e. The number of hydrogen-bond acceptors (Lipinski definition) is 5. The van der Waals surface area contributed by atoms with Crippen molar-refractivity contribution in [2.75, 3.05) is 26.2 Å². The molecule has 31 heavy (non-hydrogen) atoms. The van der Waals surface area contributed by atoms with Crippen LogP contribution in [0.1, 0.15) is 5.01 Å². The van der Waals surface area contributed by atoms with Crippen LogP contribution in [-0.4, -0.2) is 56.4 Å². The fraction of sp³-hybridized carbons (Fsp3) is 0.261. The molecule has 3 heterocycles. The summed E-state index contributed by atoms with van der Waals surface area (Å²) in [6.07, 6.45) is 1.74. The van der Waals surface area contributed by atoms with Gasteiger partial charge in [-0.25, -0.2) is 14.4 Å². The Bertz CT molecular complexity index is 1190. The summed E-state index contributed by atoms with van der Waals surface area (Å²) in [6.45, 7) is 4.14. The molecular formula is C23H22FN5OS. The van der Waals surface area contributed by atoms with Crippen molar-refractivity contribution in [3.63, 3.8) is 0 Å². The number of rotatable bonds is 5. The fourth-order valence-corrected chi connectivity index (χ4v) is 4.71. The molecule has 8 heteroatoms. The van der Waals surface area contributed by atoms with Crippen molar-refractivity contribution < 1.29 is 9.18 Å². The number of halogens is 1. The maximum atomic E-state index is 13.1. The molecular weight excluding hydrogens is 413 g/mol. The maximum Gasteiger partial charge on any atom is 0.242 e. The molecule has 0 saturated carbocycles. The quantitative estimate of drug-likeness (QED) is 0.480. The molecule has 0 unspecified atom stereocenters. The second-order valence-corrected chi connectivity index (χ2v) is 8.59. The Morgan fingerprint density at radius 2 is 1.81 bits per heavy atom. The van der Waals surface area contributed by atoms with Gasteiger partial charge in [-0.3, -0.25) is 9.69 Å². The van der Waals surface area contributed by atoms with Gasteiger partial charge in [-0.15, -0.1) is 11.3 Å². The van der Waals surface area contributed by atoms with Gasteiger partial charge in [0.1, 0.15) is 17.4 Å². The molecule has 1 aliphatic rings. The first-order valence-corrected chi connectivity index (χ1v) is 11.1. The largest absolute Gasteiger partial charge is 0.339 e. The first kappa shape index (κ1) is 19.8. The van der Waals surface area contributed by atoms with E-state index in [1.54, 1.807) is 29.8 Å². The predicted molar refractivity (Wildman–Crippen MR) is 119 cm³/mol. The second kappa shape index (κ2) is 8.56. The van der Waals surface area contributed by atoms with Gasteiger partial charge in [0, 0.05) is 37.1 Å². The molecule has 5 rings (SSSR count). The van der Waals surface area contributed by atoms with Gasteiger partial charge in [-0.05, 0) is 36.4 Å². The Hall–Kier alpha value is -3.10. The Balaban J connectivity index is 1.15. The number of nitrogens with zero attached hydrogens (tertiary/aromatic N) is 5. The first-order valence-electron chi connectivity index (χ1n) is 10.3. The number of hydrogen-bond donors (Lipinski definition) is 0. The van der Waals surface area contributed by atoms with Crippen LogP contribution in [0.5, 0.6) is 0 Å². The number of benzene rings is 2. The molecule has 1 saturated heterocycles. The molecule has 0 aliphatic carbocycles. The second-order valence-electron chi connectivity index (χ2n) is 7.65. The lowest BCUT2D eigenvalue weighted by atomic mass is 10.2. The number of piperazine rings is 1. The number of carbonyl (C=O) groups excluding carboxylic acids is 1. The van der Waals surface area contributed by atoms with Gasteiger partial charge in [0.2, 0.25) is 5.91 Å². The molecule has 1 fully saturated rings. The van der Waals surface area contributed by atoms with E-state index in [0.29, 0.717) is 19.6 Å². The van der Waals surface area contributed by atoms with Gasteiger partial charge in [-0.2, -0.15) is 0 Å². The maximum absolute atomic E-state index is 13.1. The number of aromatic nitrogens is 3.